The molecule has 54 heavy (non-hydrogen) atoms. The van der Waals surface area contributed by atoms with Crippen molar-refractivity contribution in [2.45, 2.75) is 206 Å². The van der Waals surface area contributed by atoms with Crippen LogP contribution in [-0.4, -0.2) is 70.7 Å². The molecule has 0 radical (unpaired) electrons. The van der Waals surface area contributed by atoms with Crippen molar-refractivity contribution in [3.05, 3.63) is 24.3 Å². The maximum Gasteiger partial charge on any atom is 0.306 e. The first-order chi connectivity index (χ1) is 26.1. The Hall–Kier alpha value is -1.02. The Morgan fingerprint density at radius 2 is 1.02 bits per heavy atom. The van der Waals surface area contributed by atoms with Gasteiger partial charge in [-0.25, -0.2) is 0 Å². The number of allylic oxidation sites excluding steroid dienone is 4. The molecule has 9 heteroatoms. The van der Waals surface area contributed by atoms with Crippen LogP contribution in [0.15, 0.2) is 24.3 Å². The molecule has 0 fully saturated rings. The highest BCUT2D eigenvalue weighted by Gasteiger charge is 2.20. The highest BCUT2D eigenvalue weighted by Crippen LogP contribution is 2.38. The van der Waals surface area contributed by atoms with Crippen molar-refractivity contribution in [1.29, 1.82) is 0 Å². The molecule has 0 aromatic carbocycles. The van der Waals surface area contributed by atoms with Gasteiger partial charge in [-0.05, 0) is 44.9 Å². The smallest absolute Gasteiger partial charge is 0.306 e. The van der Waals surface area contributed by atoms with E-state index in [1.54, 1.807) is 0 Å². The predicted molar refractivity (Wildman–Crippen MR) is 227 cm³/mol. The van der Waals surface area contributed by atoms with Gasteiger partial charge >= 0.3 is 5.97 Å². The van der Waals surface area contributed by atoms with E-state index in [-0.39, 0.29) is 25.8 Å². The van der Waals surface area contributed by atoms with E-state index >= 15 is 0 Å². The molecule has 0 aliphatic carbocycles. The third kappa shape index (κ3) is 42.1. The van der Waals surface area contributed by atoms with Gasteiger partial charge in [0.2, 0.25) is 0 Å². The monoisotopic (exact) mass is 786 g/mol. The van der Waals surface area contributed by atoms with Crippen LogP contribution in [0.25, 0.3) is 0 Å². The van der Waals surface area contributed by atoms with Gasteiger partial charge in [-0.3, -0.25) is 9.36 Å². The van der Waals surface area contributed by atoms with Crippen LogP contribution < -0.4 is 4.89 Å². The van der Waals surface area contributed by atoms with Crippen molar-refractivity contribution in [3.63, 3.8) is 0 Å². The first-order valence-electron chi connectivity index (χ1n) is 22.6. The Balaban J connectivity index is 3.90. The normalized spacial score (nSPS) is 14.0. The molecule has 0 heterocycles. The second-order valence-electron chi connectivity index (χ2n) is 16.4. The van der Waals surface area contributed by atoms with Gasteiger partial charge in [-0.2, -0.15) is 0 Å². The summed E-state index contributed by atoms with van der Waals surface area (Å²) >= 11 is 0. The van der Waals surface area contributed by atoms with Gasteiger partial charge < -0.3 is 27.9 Å². The van der Waals surface area contributed by atoms with Crippen LogP contribution in [0.4, 0.5) is 0 Å². The molecule has 2 unspecified atom stereocenters. The van der Waals surface area contributed by atoms with E-state index in [9.17, 15) is 14.3 Å². The SMILES string of the molecule is CCCCCCC/C=C\C/C=C\CCCCCCCCCCCCCCCCOCC(COP(=O)([O-])OCC[N+](C)(C)C)OC(=O)CCCCCCCC. The Morgan fingerprint density at radius 3 is 1.50 bits per heavy atom. The molecule has 0 saturated carbocycles. The van der Waals surface area contributed by atoms with E-state index in [0.29, 0.717) is 24.1 Å². The molecule has 0 aliphatic heterocycles. The highest BCUT2D eigenvalue weighted by molar-refractivity contribution is 7.45. The largest absolute Gasteiger partial charge is 0.756 e. The zero-order valence-electron chi connectivity index (χ0n) is 36.2. The number of quaternary nitrogens is 1. The molecule has 0 saturated heterocycles. The standard InChI is InChI=1S/C45H88NO7P/c1-6-8-10-12-14-15-16-17-18-19-20-21-22-23-24-25-26-27-28-29-30-31-32-33-35-37-40-50-42-44(53-45(47)38-36-34-13-11-9-7-2)43-52-54(48,49)51-41-39-46(3,4)5/h16-17,19-20,44H,6-15,18,21-43H2,1-5H3/b17-16-,20-19-. The lowest BCUT2D eigenvalue weighted by Crippen LogP contribution is -2.37. The zero-order valence-corrected chi connectivity index (χ0v) is 37.1. The van der Waals surface area contributed by atoms with Crippen LogP contribution in [0.2, 0.25) is 0 Å². The van der Waals surface area contributed by atoms with E-state index in [0.717, 1.165) is 38.5 Å². The first-order valence-corrected chi connectivity index (χ1v) is 24.0. The van der Waals surface area contributed by atoms with Gasteiger partial charge in [-0.1, -0.05) is 173 Å². The molecule has 8 nitrogen and oxygen atoms in total. The molecule has 0 aromatic heterocycles. The first kappa shape index (κ1) is 53.0. The van der Waals surface area contributed by atoms with Crippen LogP contribution in [0.1, 0.15) is 200 Å². The summed E-state index contributed by atoms with van der Waals surface area (Å²) in [5.74, 6) is -0.342. The minimum Gasteiger partial charge on any atom is -0.756 e. The number of hydrogen-bond donors (Lipinski definition) is 0. The fraction of sp³-hybridized carbons (Fsp3) is 0.889. The molecule has 0 amide bonds. The lowest BCUT2D eigenvalue weighted by Gasteiger charge is -2.28. The Bertz CT molecular complexity index is 920. The minimum absolute atomic E-state index is 0.0279. The lowest BCUT2D eigenvalue weighted by molar-refractivity contribution is -0.870. The fourth-order valence-electron chi connectivity index (χ4n) is 6.22. The molecule has 0 rings (SSSR count). The van der Waals surface area contributed by atoms with Gasteiger partial charge in [0.1, 0.15) is 19.3 Å². The van der Waals surface area contributed by atoms with Crippen LogP contribution >= 0.6 is 7.82 Å². The van der Waals surface area contributed by atoms with Crippen LogP contribution in [0.5, 0.6) is 0 Å². The summed E-state index contributed by atoms with van der Waals surface area (Å²) in [6.07, 6.45) is 43.8. The molecule has 0 aromatic rings. The van der Waals surface area contributed by atoms with Gasteiger partial charge in [-0.15, -0.1) is 0 Å². The number of esters is 1. The summed E-state index contributed by atoms with van der Waals surface area (Å²) in [7, 11) is 1.36. The van der Waals surface area contributed by atoms with Crippen molar-refractivity contribution in [2.75, 3.05) is 54.1 Å². The number of unbranched alkanes of at least 4 members (excludes halogenated alkanes) is 24. The van der Waals surface area contributed by atoms with Gasteiger partial charge in [0, 0.05) is 13.0 Å². The van der Waals surface area contributed by atoms with E-state index in [4.69, 9.17) is 18.5 Å². The molecule has 0 N–H and O–H groups in total. The average molecular weight is 786 g/mol. The molecule has 2 atom stereocenters. The maximum absolute atomic E-state index is 12.5. The number of rotatable bonds is 42. The Kier molecular flexibility index (Phi) is 38.1. The van der Waals surface area contributed by atoms with Gasteiger partial charge in [0.15, 0.2) is 0 Å². The topological polar surface area (TPSA) is 94.1 Å². The van der Waals surface area contributed by atoms with Gasteiger partial charge in [0.25, 0.3) is 7.82 Å². The summed E-state index contributed by atoms with van der Waals surface area (Å²) in [6, 6.07) is 0. The summed E-state index contributed by atoms with van der Waals surface area (Å²) in [5, 5.41) is 0. The van der Waals surface area contributed by atoms with Crippen molar-refractivity contribution in [2.24, 2.45) is 0 Å². The van der Waals surface area contributed by atoms with Crippen LogP contribution in [-0.2, 0) is 27.9 Å². The van der Waals surface area contributed by atoms with Crippen molar-refractivity contribution < 1.29 is 37.3 Å². The van der Waals surface area contributed by atoms with Crippen molar-refractivity contribution >= 4 is 13.8 Å². The fourth-order valence-corrected chi connectivity index (χ4v) is 6.95. The number of carbonyl (C=O) groups is 1. The molecular weight excluding hydrogens is 697 g/mol. The zero-order chi connectivity index (χ0) is 39.9. The second kappa shape index (κ2) is 38.8. The number of likely N-dealkylation sites (N-methyl/N-ethyl adjacent to an activating group) is 1. The Morgan fingerprint density at radius 1 is 0.574 bits per heavy atom. The Labute approximate surface area is 334 Å². The quantitative estimate of drug-likeness (QED) is 0.0200. The minimum atomic E-state index is -4.51. The van der Waals surface area contributed by atoms with Crippen molar-refractivity contribution in [3.8, 4) is 0 Å². The second-order valence-corrected chi connectivity index (χ2v) is 17.8. The molecule has 0 aliphatic rings. The number of hydrogen-bond acceptors (Lipinski definition) is 7. The number of phosphoric ester groups is 1. The van der Waals surface area contributed by atoms with E-state index in [2.05, 4.69) is 38.2 Å². The summed E-state index contributed by atoms with van der Waals surface area (Å²) in [5.41, 5.74) is 0. The lowest BCUT2D eigenvalue weighted by atomic mass is 10.0. The third-order valence-electron chi connectivity index (χ3n) is 9.76. The number of phosphoric acid groups is 1. The number of carbonyl (C=O) groups excluding carboxylic acids is 1. The van der Waals surface area contributed by atoms with Crippen LogP contribution in [0, 0.1) is 0 Å². The predicted octanol–water partition coefficient (Wildman–Crippen LogP) is 12.6. The summed E-state index contributed by atoms with van der Waals surface area (Å²) in [4.78, 5) is 24.8. The third-order valence-corrected chi connectivity index (χ3v) is 10.7. The summed E-state index contributed by atoms with van der Waals surface area (Å²) in [6.45, 7) is 5.35. The highest BCUT2D eigenvalue weighted by atomic mass is 31.2. The molecule has 0 bridgehead atoms. The molecule has 0 spiro atoms. The van der Waals surface area contributed by atoms with E-state index in [1.165, 1.54) is 141 Å². The van der Waals surface area contributed by atoms with Gasteiger partial charge in [0.05, 0.1) is 34.4 Å². The summed E-state index contributed by atoms with van der Waals surface area (Å²) < 4.78 is 34.4. The average Bonchev–Trinajstić information content (AvgIpc) is 3.12. The van der Waals surface area contributed by atoms with Crippen LogP contribution in [0.3, 0.4) is 0 Å². The van der Waals surface area contributed by atoms with Crippen molar-refractivity contribution in [1.82, 2.24) is 0 Å². The maximum atomic E-state index is 12.5. The molecular formula is C45H88NO7P. The number of nitrogens with zero attached hydrogens (tertiary/aromatic N) is 1. The molecule has 320 valence electrons. The van der Waals surface area contributed by atoms with E-state index in [1.807, 2.05) is 21.1 Å². The number of ether oxygens (including phenoxy) is 2. The van der Waals surface area contributed by atoms with E-state index < -0.39 is 13.9 Å².